The van der Waals surface area contributed by atoms with Crippen LogP contribution in [-0.2, 0) is 30.6 Å². The maximum absolute atomic E-state index is 13.1. The largest absolute Gasteiger partial charge is 0.433 e. The molecule has 2 amide bonds. The van der Waals surface area contributed by atoms with E-state index in [1.165, 1.54) is 13.0 Å². The number of aromatic nitrogens is 2. The van der Waals surface area contributed by atoms with Crippen LogP contribution in [0.3, 0.4) is 0 Å². The van der Waals surface area contributed by atoms with Crippen LogP contribution in [0.2, 0.25) is 0 Å². The zero-order valence-corrected chi connectivity index (χ0v) is 18.0. The van der Waals surface area contributed by atoms with E-state index in [0.29, 0.717) is 42.2 Å². The molecule has 1 atom stereocenters. The lowest BCUT2D eigenvalue weighted by atomic mass is 10.1. The highest BCUT2D eigenvalue weighted by molar-refractivity contribution is 6.00. The Morgan fingerprint density at radius 3 is 2.72 bits per heavy atom. The number of aryl methyl sites for hydroxylation is 1. The molecule has 0 aromatic carbocycles. The smallest absolute Gasteiger partial charge is 0.373 e. The molecule has 1 fully saturated rings. The van der Waals surface area contributed by atoms with Crippen LogP contribution >= 0.6 is 0 Å². The first kappa shape index (κ1) is 22.3. The fourth-order valence-electron chi connectivity index (χ4n) is 4.29. The summed E-state index contributed by atoms with van der Waals surface area (Å²) in [6.07, 6.45) is -2.61. The second-order valence-electron chi connectivity index (χ2n) is 8.21. The molecule has 2 aromatic heterocycles. The van der Waals surface area contributed by atoms with Gasteiger partial charge in [-0.1, -0.05) is 6.07 Å². The van der Waals surface area contributed by atoms with Gasteiger partial charge in [-0.2, -0.15) is 13.2 Å². The van der Waals surface area contributed by atoms with Crippen molar-refractivity contribution in [1.82, 2.24) is 19.8 Å². The molecule has 2 aliphatic rings. The monoisotopic (exact) mass is 450 g/mol. The van der Waals surface area contributed by atoms with Crippen LogP contribution < -0.4 is 5.32 Å². The molecule has 2 aromatic rings. The Morgan fingerprint density at radius 2 is 2.06 bits per heavy atom. The number of carbonyl (C=O) groups excluding carboxylic acids is 2. The van der Waals surface area contributed by atoms with Crippen LogP contribution in [0, 0.1) is 6.92 Å². The molecule has 172 valence electrons. The van der Waals surface area contributed by atoms with Gasteiger partial charge in [-0.3, -0.25) is 9.59 Å². The molecule has 0 saturated carbocycles. The second kappa shape index (κ2) is 8.57. The summed E-state index contributed by atoms with van der Waals surface area (Å²) in [5.74, 6) is -0.507. The number of pyridine rings is 1. The molecular formula is C22H25F3N4O3. The minimum absolute atomic E-state index is 0.0215. The molecule has 0 radical (unpaired) electrons. The number of hydrogen-bond donors (Lipinski definition) is 1. The molecule has 32 heavy (non-hydrogen) atoms. The third-order valence-corrected chi connectivity index (χ3v) is 6.11. The number of nitrogens with one attached hydrogen (secondary N) is 1. The quantitative estimate of drug-likeness (QED) is 0.776. The molecule has 1 saturated heterocycles. The fourth-order valence-corrected chi connectivity index (χ4v) is 4.29. The molecule has 4 rings (SSSR count). The number of carbonyl (C=O) groups is 2. The lowest BCUT2D eigenvalue weighted by Crippen LogP contribution is -2.35. The van der Waals surface area contributed by atoms with Crippen LogP contribution in [0.4, 0.5) is 13.2 Å². The zero-order valence-electron chi connectivity index (χ0n) is 18.0. The first-order valence-corrected chi connectivity index (χ1v) is 10.6. The van der Waals surface area contributed by atoms with E-state index < -0.39 is 17.8 Å². The molecule has 1 unspecified atom stereocenters. The number of ether oxygens (including phenoxy) is 1. The standard InChI is InChI=1S/C22H25F3N4O3/c1-13-4-3-7-28(13)21(31)17-10-16(18-12-32-9-8-29(17)18)20(30)26-11-15-5-6-19(22(23,24)25)27-14(15)2/h5-6,10,13H,3-4,7-9,11-12H2,1-2H3,(H,26,30). The Kier molecular flexibility index (Phi) is 5.98. The van der Waals surface area contributed by atoms with E-state index in [1.807, 2.05) is 16.4 Å². The highest BCUT2D eigenvalue weighted by Gasteiger charge is 2.33. The van der Waals surface area contributed by atoms with E-state index >= 15 is 0 Å². The lowest BCUT2D eigenvalue weighted by molar-refractivity contribution is -0.141. The van der Waals surface area contributed by atoms with E-state index in [-0.39, 0.29) is 30.8 Å². The van der Waals surface area contributed by atoms with Crippen molar-refractivity contribution in [2.24, 2.45) is 0 Å². The molecule has 1 N–H and O–H groups in total. The van der Waals surface area contributed by atoms with Gasteiger partial charge >= 0.3 is 6.18 Å². The maximum Gasteiger partial charge on any atom is 0.433 e. The van der Waals surface area contributed by atoms with Crippen molar-refractivity contribution < 1.29 is 27.5 Å². The average molecular weight is 450 g/mol. The van der Waals surface area contributed by atoms with Gasteiger partial charge in [0.15, 0.2) is 0 Å². The van der Waals surface area contributed by atoms with Gasteiger partial charge in [-0.15, -0.1) is 0 Å². The fraction of sp³-hybridized carbons (Fsp3) is 0.500. The number of likely N-dealkylation sites (tertiary alicyclic amines) is 1. The van der Waals surface area contributed by atoms with E-state index in [2.05, 4.69) is 10.3 Å². The Morgan fingerprint density at radius 1 is 1.28 bits per heavy atom. The van der Waals surface area contributed by atoms with Crippen LogP contribution in [0.1, 0.15) is 63.3 Å². The summed E-state index contributed by atoms with van der Waals surface area (Å²) in [6, 6.07) is 3.97. The summed E-state index contributed by atoms with van der Waals surface area (Å²) in [7, 11) is 0. The maximum atomic E-state index is 13.1. The molecular weight excluding hydrogens is 425 g/mol. The van der Waals surface area contributed by atoms with Crippen molar-refractivity contribution in [3.8, 4) is 0 Å². The average Bonchev–Trinajstić information content (AvgIpc) is 3.35. The van der Waals surface area contributed by atoms with Gasteiger partial charge in [-0.05, 0) is 44.4 Å². The highest BCUT2D eigenvalue weighted by Crippen LogP contribution is 2.28. The first-order valence-electron chi connectivity index (χ1n) is 10.6. The van der Waals surface area contributed by atoms with Gasteiger partial charge in [0.25, 0.3) is 11.8 Å². The Bertz CT molecular complexity index is 1050. The Balaban J connectivity index is 1.54. The SMILES string of the molecule is Cc1nc(C(F)(F)F)ccc1CNC(=O)c1cc(C(=O)N2CCCC2C)n2c1COCC2. The number of alkyl halides is 3. The Hall–Kier alpha value is -2.88. The predicted molar refractivity (Wildman–Crippen MR) is 109 cm³/mol. The summed E-state index contributed by atoms with van der Waals surface area (Å²) >= 11 is 0. The minimum Gasteiger partial charge on any atom is -0.373 e. The molecule has 4 heterocycles. The van der Waals surface area contributed by atoms with Gasteiger partial charge in [-0.25, -0.2) is 4.98 Å². The van der Waals surface area contributed by atoms with Crippen molar-refractivity contribution in [1.29, 1.82) is 0 Å². The number of halogens is 3. The van der Waals surface area contributed by atoms with Gasteiger partial charge < -0.3 is 19.5 Å². The third kappa shape index (κ3) is 4.23. The second-order valence-corrected chi connectivity index (χ2v) is 8.21. The molecule has 10 heteroatoms. The number of fused-ring (bicyclic) bond motifs is 1. The molecule has 7 nitrogen and oxygen atoms in total. The van der Waals surface area contributed by atoms with Crippen molar-refractivity contribution >= 4 is 11.8 Å². The summed E-state index contributed by atoms with van der Waals surface area (Å²) in [5.41, 5.74) is 1.15. The van der Waals surface area contributed by atoms with E-state index in [1.54, 1.807) is 6.07 Å². The molecule has 0 bridgehead atoms. The first-order chi connectivity index (χ1) is 15.2. The highest BCUT2D eigenvalue weighted by atomic mass is 19.4. The van der Waals surface area contributed by atoms with Crippen LogP contribution in [0.15, 0.2) is 18.2 Å². The van der Waals surface area contributed by atoms with Gasteiger partial charge in [0, 0.05) is 31.4 Å². The number of rotatable bonds is 4. The van der Waals surface area contributed by atoms with E-state index in [9.17, 15) is 22.8 Å². The summed E-state index contributed by atoms with van der Waals surface area (Å²) < 4.78 is 45.8. The minimum atomic E-state index is -4.52. The number of hydrogen-bond acceptors (Lipinski definition) is 4. The molecule has 0 aliphatic carbocycles. The summed E-state index contributed by atoms with van der Waals surface area (Å²) in [6.45, 7) is 5.35. The van der Waals surface area contributed by atoms with Crippen LogP contribution in [-0.4, -0.2) is 45.5 Å². The topological polar surface area (TPSA) is 76.5 Å². The van der Waals surface area contributed by atoms with Crippen molar-refractivity contribution in [2.45, 2.75) is 58.6 Å². The van der Waals surface area contributed by atoms with Gasteiger partial charge in [0.05, 0.1) is 24.5 Å². The zero-order chi connectivity index (χ0) is 23.0. The van der Waals surface area contributed by atoms with Gasteiger partial charge in [0.2, 0.25) is 0 Å². The van der Waals surface area contributed by atoms with Gasteiger partial charge in [0.1, 0.15) is 11.4 Å². The van der Waals surface area contributed by atoms with E-state index in [0.717, 1.165) is 18.9 Å². The van der Waals surface area contributed by atoms with Crippen molar-refractivity contribution in [3.05, 3.63) is 52.1 Å². The van der Waals surface area contributed by atoms with Crippen LogP contribution in [0.25, 0.3) is 0 Å². The summed E-state index contributed by atoms with van der Waals surface area (Å²) in [4.78, 5) is 31.5. The number of amides is 2. The van der Waals surface area contributed by atoms with Crippen LogP contribution in [0.5, 0.6) is 0 Å². The van der Waals surface area contributed by atoms with Crippen molar-refractivity contribution in [2.75, 3.05) is 13.2 Å². The Labute approximate surface area is 183 Å². The lowest BCUT2D eigenvalue weighted by Gasteiger charge is -2.24. The van der Waals surface area contributed by atoms with Crippen molar-refractivity contribution in [3.63, 3.8) is 0 Å². The molecule has 0 spiro atoms. The van der Waals surface area contributed by atoms with E-state index in [4.69, 9.17) is 4.74 Å². The number of nitrogens with zero attached hydrogens (tertiary/aromatic N) is 3. The normalized spacial score (nSPS) is 18.5. The molecule has 2 aliphatic heterocycles. The third-order valence-electron chi connectivity index (χ3n) is 6.11. The summed E-state index contributed by atoms with van der Waals surface area (Å²) in [5, 5.41) is 2.74. The predicted octanol–water partition coefficient (Wildman–Crippen LogP) is 3.30.